The van der Waals surface area contributed by atoms with Crippen LogP contribution < -0.4 is 10.2 Å². The van der Waals surface area contributed by atoms with E-state index in [1.807, 2.05) is 44.2 Å². The maximum absolute atomic E-state index is 12.6. The lowest BCUT2D eigenvalue weighted by Gasteiger charge is -2.35. The van der Waals surface area contributed by atoms with E-state index < -0.39 is 0 Å². The highest BCUT2D eigenvalue weighted by atomic mass is 16.2. The summed E-state index contributed by atoms with van der Waals surface area (Å²) in [5.41, 5.74) is 4.51. The lowest BCUT2D eigenvalue weighted by molar-refractivity contribution is -0.117. The fourth-order valence-corrected chi connectivity index (χ4v) is 3.06. The third-order valence-electron chi connectivity index (χ3n) is 4.40. The zero-order chi connectivity index (χ0) is 15.5. The Morgan fingerprint density at radius 2 is 1.86 bits per heavy atom. The standard InChI is InChI=1S/C19H22N2O/c1-14-8-3-5-11-17(14)20-19(22)15(2)21-13-7-10-16-9-4-6-12-18(16)21/h3-6,8-9,11-12,15H,7,10,13H2,1-2H3,(H,20,22). The summed E-state index contributed by atoms with van der Waals surface area (Å²) in [5.74, 6) is 0.0472. The van der Waals surface area contributed by atoms with Crippen LogP contribution in [0.25, 0.3) is 0 Å². The molecule has 1 atom stereocenters. The molecular weight excluding hydrogens is 272 g/mol. The monoisotopic (exact) mass is 294 g/mol. The second kappa shape index (κ2) is 6.22. The number of aryl methyl sites for hydroxylation is 2. The van der Waals surface area contributed by atoms with Gasteiger partial charge in [0.15, 0.2) is 0 Å². The van der Waals surface area contributed by atoms with Crippen molar-refractivity contribution in [3.05, 3.63) is 59.7 Å². The molecule has 0 radical (unpaired) electrons. The number of rotatable bonds is 3. The van der Waals surface area contributed by atoms with Crippen LogP contribution >= 0.6 is 0 Å². The Labute approximate surface area is 132 Å². The number of fused-ring (bicyclic) bond motifs is 1. The number of nitrogens with zero attached hydrogens (tertiary/aromatic N) is 1. The van der Waals surface area contributed by atoms with Crippen LogP contribution in [0.1, 0.15) is 24.5 Å². The predicted octanol–water partition coefficient (Wildman–Crippen LogP) is 3.77. The smallest absolute Gasteiger partial charge is 0.246 e. The zero-order valence-electron chi connectivity index (χ0n) is 13.2. The van der Waals surface area contributed by atoms with Gasteiger partial charge in [-0.1, -0.05) is 36.4 Å². The van der Waals surface area contributed by atoms with Gasteiger partial charge in [-0.15, -0.1) is 0 Å². The van der Waals surface area contributed by atoms with E-state index in [0.29, 0.717) is 0 Å². The molecule has 3 heteroatoms. The normalized spacial score (nSPS) is 15.1. The van der Waals surface area contributed by atoms with Crippen molar-refractivity contribution in [2.24, 2.45) is 0 Å². The number of amides is 1. The van der Waals surface area contributed by atoms with Gasteiger partial charge >= 0.3 is 0 Å². The Balaban J connectivity index is 1.78. The van der Waals surface area contributed by atoms with E-state index in [1.54, 1.807) is 0 Å². The van der Waals surface area contributed by atoms with Crippen LogP contribution in [0.3, 0.4) is 0 Å². The van der Waals surface area contributed by atoms with Crippen molar-refractivity contribution in [3.63, 3.8) is 0 Å². The minimum absolute atomic E-state index is 0.0472. The first-order valence-electron chi connectivity index (χ1n) is 7.88. The molecule has 3 rings (SSSR count). The fourth-order valence-electron chi connectivity index (χ4n) is 3.06. The first-order valence-corrected chi connectivity index (χ1v) is 7.88. The molecule has 0 saturated carbocycles. The van der Waals surface area contributed by atoms with Crippen LogP contribution in [-0.4, -0.2) is 18.5 Å². The Bertz CT molecular complexity index is 681. The Morgan fingerprint density at radius 1 is 1.14 bits per heavy atom. The molecule has 0 saturated heterocycles. The van der Waals surface area contributed by atoms with Crippen molar-refractivity contribution in [2.45, 2.75) is 32.7 Å². The molecule has 2 aromatic carbocycles. The Kier molecular flexibility index (Phi) is 4.14. The van der Waals surface area contributed by atoms with Crippen molar-refractivity contribution in [1.29, 1.82) is 0 Å². The molecule has 0 aromatic heterocycles. The average Bonchev–Trinajstić information content (AvgIpc) is 2.55. The van der Waals surface area contributed by atoms with Crippen molar-refractivity contribution >= 4 is 17.3 Å². The highest BCUT2D eigenvalue weighted by Crippen LogP contribution is 2.28. The van der Waals surface area contributed by atoms with Gasteiger partial charge in [-0.2, -0.15) is 0 Å². The van der Waals surface area contributed by atoms with Crippen molar-refractivity contribution < 1.29 is 4.79 Å². The topological polar surface area (TPSA) is 32.3 Å². The van der Waals surface area contributed by atoms with Gasteiger partial charge in [-0.3, -0.25) is 4.79 Å². The molecule has 0 aliphatic carbocycles. The van der Waals surface area contributed by atoms with Gasteiger partial charge < -0.3 is 10.2 Å². The van der Waals surface area contributed by atoms with Crippen molar-refractivity contribution in [3.8, 4) is 0 Å². The van der Waals surface area contributed by atoms with E-state index in [-0.39, 0.29) is 11.9 Å². The van der Waals surface area contributed by atoms with Crippen LogP contribution in [0, 0.1) is 6.92 Å². The summed E-state index contributed by atoms with van der Waals surface area (Å²) >= 11 is 0. The van der Waals surface area contributed by atoms with E-state index in [9.17, 15) is 4.79 Å². The van der Waals surface area contributed by atoms with E-state index >= 15 is 0 Å². The van der Waals surface area contributed by atoms with E-state index in [1.165, 1.54) is 11.3 Å². The number of carbonyl (C=O) groups excluding carboxylic acids is 1. The van der Waals surface area contributed by atoms with E-state index in [0.717, 1.165) is 30.6 Å². The number of hydrogen-bond acceptors (Lipinski definition) is 2. The number of anilines is 2. The van der Waals surface area contributed by atoms with Crippen LogP contribution in [0.5, 0.6) is 0 Å². The van der Waals surface area contributed by atoms with Gasteiger partial charge in [-0.05, 0) is 49.9 Å². The largest absolute Gasteiger partial charge is 0.360 e. The molecule has 1 amide bonds. The summed E-state index contributed by atoms with van der Waals surface area (Å²) in [5, 5.41) is 3.06. The summed E-state index contributed by atoms with van der Waals surface area (Å²) < 4.78 is 0. The molecular formula is C19H22N2O. The van der Waals surface area contributed by atoms with E-state index in [4.69, 9.17) is 0 Å². The Hall–Kier alpha value is -2.29. The molecule has 1 aliphatic heterocycles. The molecule has 1 N–H and O–H groups in total. The molecule has 0 spiro atoms. The lowest BCUT2D eigenvalue weighted by atomic mass is 10.00. The zero-order valence-corrected chi connectivity index (χ0v) is 13.2. The molecule has 0 bridgehead atoms. The maximum atomic E-state index is 12.6. The van der Waals surface area contributed by atoms with Gasteiger partial charge in [0.05, 0.1) is 0 Å². The maximum Gasteiger partial charge on any atom is 0.246 e. The highest BCUT2D eigenvalue weighted by Gasteiger charge is 2.25. The quantitative estimate of drug-likeness (QED) is 0.934. The van der Waals surface area contributed by atoms with Crippen LogP contribution in [0.2, 0.25) is 0 Å². The molecule has 22 heavy (non-hydrogen) atoms. The number of para-hydroxylation sites is 2. The minimum Gasteiger partial charge on any atom is -0.360 e. The number of benzene rings is 2. The Morgan fingerprint density at radius 3 is 2.68 bits per heavy atom. The molecule has 2 aromatic rings. The number of hydrogen-bond donors (Lipinski definition) is 1. The first kappa shape index (κ1) is 14.6. The van der Waals surface area contributed by atoms with Crippen LogP contribution in [0.4, 0.5) is 11.4 Å². The third-order valence-corrected chi connectivity index (χ3v) is 4.40. The molecule has 1 unspecified atom stereocenters. The average molecular weight is 294 g/mol. The van der Waals surface area contributed by atoms with Gasteiger partial charge in [0.1, 0.15) is 6.04 Å². The van der Waals surface area contributed by atoms with Gasteiger partial charge in [-0.25, -0.2) is 0 Å². The highest BCUT2D eigenvalue weighted by molar-refractivity contribution is 5.97. The fraction of sp³-hybridized carbons (Fsp3) is 0.316. The van der Waals surface area contributed by atoms with Gasteiger partial charge in [0.2, 0.25) is 5.91 Å². The minimum atomic E-state index is -0.180. The second-order valence-corrected chi connectivity index (χ2v) is 5.91. The lowest BCUT2D eigenvalue weighted by Crippen LogP contribution is -2.44. The van der Waals surface area contributed by atoms with Crippen molar-refractivity contribution in [2.75, 3.05) is 16.8 Å². The molecule has 3 nitrogen and oxygen atoms in total. The first-order chi connectivity index (χ1) is 10.7. The summed E-state index contributed by atoms with van der Waals surface area (Å²) in [4.78, 5) is 14.8. The van der Waals surface area contributed by atoms with Crippen LogP contribution in [-0.2, 0) is 11.2 Å². The summed E-state index contributed by atoms with van der Waals surface area (Å²) in [6.07, 6.45) is 2.19. The summed E-state index contributed by atoms with van der Waals surface area (Å²) in [6.45, 7) is 4.92. The van der Waals surface area contributed by atoms with Crippen molar-refractivity contribution in [1.82, 2.24) is 0 Å². The second-order valence-electron chi connectivity index (χ2n) is 5.91. The van der Waals surface area contributed by atoms with E-state index in [2.05, 4.69) is 28.4 Å². The summed E-state index contributed by atoms with van der Waals surface area (Å²) in [7, 11) is 0. The van der Waals surface area contributed by atoms with Crippen LogP contribution in [0.15, 0.2) is 48.5 Å². The van der Waals surface area contributed by atoms with Gasteiger partial charge in [0.25, 0.3) is 0 Å². The molecule has 114 valence electrons. The number of nitrogens with one attached hydrogen (secondary N) is 1. The number of carbonyl (C=O) groups is 1. The summed E-state index contributed by atoms with van der Waals surface area (Å²) in [6, 6.07) is 16.1. The molecule has 1 aliphatic rings. The molecule has 1 heterocycles. The SMILES string of the molecule is Cc1ccccc1NC(=O)C(C)N1CCCc2ccccc21. The predicted molar refractivity (Wildman–Crippen MR) is 91.4 cm³/mol. The molecule has 0 fully saturated rings. The third kappa shape index (κ3) is 2.84. The van der Waals surface area contributed by atoms with Gasteiger partial charge in [0, 0.05) is 17.9 Å².